The predicted molar refractivity (Wildman–Crippen MR) is 69.9 cm³/mol. The molecule has 0 fully saturated rings. The molecule has 1 heterocycles. The molecule has 0 radical (unpaired) electrons. The van der Waals surface area contributed by atoms with Crippen LogP contribution in [0.5, 0.6) is 5.88 Å². The lowest BCUT2D eigenvalue weighted by molar-refractivity contribution is 0.394. The molecule has 98 valence electrons. The molecule has 0 aliphatic carbocycles. The zero-order valence-electron chi connectivity index (χ0n) is 10.1. The summed E-state index contributed by atoms with van der Waals surface area (Å²) < 4.78 is 27.7. The molecule has 0 bridgehead atoms. The van der Waals surface area contributed by atoms with Crippen molar-refractivity contribution in [1.82, 2.24) is 4.98 Å². The number of anilines is 1. The van der Waals surface area contributed by atoms with Crippen LogP contribution < -0.4 is 10.1 Å². The Morgan fingerprint density at radius 1 is 1.41 bits per heavy atom. The first-order chi connectivity index (χ1) is 7.47. The summed E-state index contributed by atoms with van der Waals surface area (Å²) in [5, 5.41) is 3.12. The van der Waals surface area contributed by atoms with Gasteiger partial charge in [-0.25, -0.2) is 13.4 Å². The number of rotatable bonds is 5. The summed E-state index contributed by atoms with van der Waals surface area (Å²) in [7, 11) is -1.86. The van der Waals surface area contributed by atoms with Crippen molar-refractivity contribution in [2.45, 2.75) is 18.4 Å². The number of aromatic nitrogens is 1. The van der Waals surface area contributed by atoms with Crippen LogP contribution in [0.15, 0.2) is 17.2 Å². The molecular weight excluding hydrogens is 264 g/mol. The van der Waals surface area contributed by atoms with Crippen LogP contribution >= 0.6 is 12.4 Å². The third-order valence-electron chi connectivity index (χ3n) is 1.95. The lowest BCUT2D eigenvalue weighted by Gasteiger charge is -2.08. The average Bonchev–Trinajstić information content (AvgIpc) is 2.24. The van der Waals surface area contributed by atoms with E-state index in [0.717, 1.165) is 19.2 Å². The second-order valence-electron chi connectivity index (χ2n) is 3.44. The number of ether oxygens (including phenoxy) is 1. The van der Waals surface area contributed by atoms with Gasteiger partial charge in [0.2, 0.25) is 5.88 Å². The molecule has 0 amide bonds. The van der Waals surface area contributed by atoms with Gasteiger partial charge in [-0.2, -0.15) is 0 Å². The van der Waals surface area contributed by atoms with Gasteiger partial charge in [0.25, 0.3) is 0 Å². The van der Waals surface area contributed by atoms with Gasteiger partial charge >= 0.3 is 0 Å². The van der Waals surface area contributed by atoms with Crippen LogP contribution in [-0.2, 0) is 9.84 Å². The van der Waals surface area contributed by atoms with Crippen LogP contribution in [0.25, 0.3) is 0 Å². The minimum absolute atomic E-state index is 0. The highest BCUT2D eigenvalue weighted by molar-refractivity contribution is 7.90. The molecule has 0 atom stereocenters. The van der Waals surface area contributed by atoms with Crippen molar-refractivity contribution in [2.24, 2.45) is 0 Å². The van der Waals surface area contributed by atoms with Crippen molar-refractivity contribution in [1.29, 1.82) is 0 Å². The average molecular weight is 281 g/mol. The molecule has 0 saturated carbocycles. The summed E-state index contributed by atoms with van der Waals surface area (Å²) in [4.78, 5) is 3.88. The van der Waals surface area contributed by atoms with Gasteiger partial charge < -0.3 is 10.1 Å². The van der Waals surface area contributed by atoms with E-state index in [1.54, 1.807) is 6.07 Å². The fourth-order valence-corrected chi connectivity index (χ4v) is 1.74. The molecule has 0 aliphatic rings. The van der Waals surface area contributed by atoms with Gasteiger partial charge in [-0.1, -0.05) is 6.92 Å². The number of pyridine rings is 1. The Hall–Kier alpha value is -1.01. The van der Waals surface area contributed by atoms with Crippen LogP contribution in [0.4, 0.5) is 5.69 Å². The Morgan fingerprint density at radius 3 is 2.53 bits per heavy atom. The van der Waals surface area contributed by atoms with Crippen LogP contribution in [0, 0.1) is 0 Å². The Balaban J connectivity index is 0.00000256. The van der Waals surface area contributed by atoms with E-state index in [2.05, 4.69) is 10.3 Å². The molecule has 1 N–H and O–H groups in total. The number of nitrogens with zero attached hydrogens (tertiary/aromatic N) is 1. The van der Waals surface area contributed by atoms with Gasteiger partial charge in [0.1, 0.15) is 0 Å². The molecule has 0 unspecified atom stereocenters. The molecule has 5 nitrogen and oxygen atoms in total. The molecule has 0 aliphatic heterocycles. The fourth-order valence-electron chi connectivity index (χ4n) is 1.15. The van der Waals surface area contributed by atoms with Gasteiger partial charge in [0, 0.05) is 24.6 Å². The number of halogens is 1. The topological polar surface area (TPSA) is 68.3 Å². The maximum absolute atomic E-state index is 11.4. The van der Waals surface area contributed by atoms with Gasteiger partial charge in [-0.15, -0.1) is 12.4 Å². The molecule has 1 rings (SSSR count). The van der Waals surface area contributed by atoms with Gasteiger partial charge in [0.05, 0.1) is 7.11 Å². The van der Waals surface area contributed by atoms with Crippen molar-refractivity contribution >= 4 is 27.9 Å². The first-order valence-electron chi connectivity index (χ1n) is 4.97. The fraction of sp³-hybridized carbons (Fsp3) is 0.500. The Labute approximate surface area is 108 Å². The van der Waals surface area contributed by atoms with Crippen LogP contribution in [0.3, 0.4) is 0 Å². The molecule has 0 aromatic carbocycles. The van der Waals surface area contributed by atoms with Crippen molar-refractivity contribution in [3.8, 4) is 5.88 Å². The summed E-state index contributed by atoms with van der Waals surface area (Å²) in [6.07, 6.45) is 2.08. The van der Waals surface area contributed by atoms with E-state index >= 15 is 0 Å². The highest BCUT2D eigenvalue weighted by Gasteiger charge is 2.12. The monoisotopic (exact) mass is 280 g/mol. The number of hydrogen-bond donors (Lipinski definition) is 1. The number of sulfone groups is 1. The largest absolute Gasteiger partial charge is 0.481 e. The van der Waals surface area contributed by atoms with Gasteiger partial charge in [0.15, 0.2) is 14.9 Å². The van der Waals surface area contributed by atoms with Gasteiger partial charge in [-0.05, 0) is 12.5 Å². The quantitative estimate of drug-likeness (QED) is 0.890. The molecule has 7 heteroatoms. The maximum atomic E-state index is 11.4. The van der Waals surface area contributed by atoms with Crippen molar-refractivity contribution in [3.05, 3.63) is 12.1 Å². The highest BCUT2D eigenvalue weighted by Crippen LogP contribution is 2.19. The Kier molecular flexibility index (Phi) is 6.26. The van der Waals surface area contributed by atoms with E-state index in [9.17, 15) is 8.42 Å². The second kappa shape index (κ2) is 6.66. The third-order valence-corrected chi connectivity index (χ3v) is 2.92. The van der Waals surface area contributed by atoms with Crippen LogP contribution in [0.2, 0.25) is 0 Å². The van der Waals surface area contributed by atoms with Crippen LogP contribution in [0.1, 0.15) is 13.3 Å². The van der Waals surface area contributed by atoms with Crippen molar-refractivity contribution in [2.75, 3.05) is 25.2 Å². The number of nitrogens with one attached hydrogen (secondary N) is 1. The first kappa shape index (κ1) is 16.0. The van der Waals surface area contributed by atoms with Crippen molar-refractivity contribution in [3.63, 3.8) is 0 Å². The van der Waals surface area contributed by atoms with E-state index < -0.39 is 9.84 Å². The van der Waals surface area contributed by atoms with Crippen LogP contribution in [-0.4, -0.2) is 33.3 Å². The molecular formula is C10H17ClN2O3S. The lowest BCUT2D eigenvalue weighted by atomic mass is 10.4. The third kappa shape index (κ3) is 4.79. The number of methoxy groups -OCH3 is 1. The first-order valence-corrected chi connectivity index (χ1v) is 6.86. The predicted octanol–water partition coefficient (Wildman–Crippen LogP) is 1.74. The van der Waals surface area contributed by atoms with E-state index in [1.165, 1.54) is 13.2 Å². The molecule has 0 spiro atoms. The highest BCUT2D eigenvalue weighted by atomic mass is 35.5. The van der Waals surface area contributed by atoms with Crippen molar-refractivity contribution < 1.29 is 13.2 Å². The van der Waals surface area contributed by atoms with Gasteiger partial charge in [-0.3, -0.25) is 0 Å². The minimum atomic E-state index is -3.31. The molecule has 0 saturated heterocycles. The Bertz CT molecular complexity index is 463. The smallest absolute Gasteiger partial charge is 0.216 e. The number of hydrogen-bond acceptors (Lipinski definition) is 5. The standard InChI is InChI=1S/C10H16N2O3S.ClH/c1-4-5-11-8-6-9(15-2)12-10(7-8)16(3,13)14;/h6-7H,4-5H2,1-3H3,(H,11,12);1H. The second-order valence-corrected chi connectivity index (χ2v) is 5.40. The summed E-state index contributed by atoms with van der Waals surface area (Å²) in [6.45, 7) is 2.80. The van der Waals surface area contributed by atoms with E-state index in [1.807, 2.05) is 6.92 Å². The maximum Gasteiger partial charge on any atom is 0.216 e. The summed E-state index contributed by atoms with van der Waals surface area (Å²) in [6, 6.07) is 3.18. The minimum Gasteiger partial charge on any atom is -0.481 e. The van der Waals surface area contributed by atoms with E-state index in [-0.39, 0.29) is 17.4 Å². The summed E-state index contributed by atoms with van der Waals surface area (Å²) >= 11 is 0. The Morgan fingerprint density at radius 2 is 2.06 bits per heavy atom. The SMILES string of the molecule is CCCNc1cc(OC)nc(S(C)(=O)=O)c1.Cl. The molecule has 1 aromatic rings. The normalized spacial score (nSPS) is 10.5. The summed E-state index contributed by atoms with van der Waals surface area (Å²) in [5.41, 5.74) is 0.703. The zero-order valence-corrected chi connectivity index (χ0v) is 11.7. The van der Waals surface area contributed by atoms with E-state index in [4.69, 9.17) is 4.74 Å². The summed E-state index contributed by atoms with van der Waals surface area (Å²) in [5.74, 6) is 0.293. The van der Waals surface area contributed by atoms with E-state index in [0.29, 0.717) is 11.6 Å². The zero-order chi connectivity index (χ0) is 12.2. The molecule has 1 aromatic heterocycles. The lowest BCUT2D eigenvalue weighted by Crippen LogP contribution is -2.06. The molecule has 17 heavy (non-hydrogen) atoms.